The third-order valence-electron chi connectivity index (χ3n) is 3.36. The van der Waals surface area contributed by atoms with Gasteiger partial charge in [-0.05, 0) is 0 Å². The van der Waals surface area contributed by atoms with Crippen LogP contribution in [-0.2, 0) is 9.53 Å². The second kappa shape index (κ2) is 9.96. The Hall–Kier alpha value is -1.89. The van der Waals surface area contributed by atoms with E-state index in [0.717, 1.165) is 0 Å². The van der Waals surface area contributed by atoms with Crippen LogP contribution in [0.4, 0.5) is 0 Å². The van der Waals surface area contributed by atoms with Crippen molar-refractivity contribution in [2.45, 2.75) is 19.3 Å². The second-order valence-corrected chi connectivity index (χ2v) is 9.60. The molecule has 0 aromatic carbocycles. The third-order valence-corrected chi connectivity index (χ3v) is 8.47. The van der Waals surface area contributed by atoms with E-state index < -0.39 is 13.2 Å². The second-order valence-electron chi connectivity index (χ2n) is 4.75. The van der Waals surface area contributed by atoms with E-state index in [1.165, 1.54) is 7.11 Å². The molecule has 0 aliphatic rings. The van der Waals surface area contributed by atoms with Gasteiger partial charge in [0.2, 0.25) is 0 Å². The minimum absolute atomic E-state index is 0.382. The molecular weight excluding hydrogens is 273 g/mol. The van der Waals surface area contributed by atoms with Crippen LogP contribution in [0.5, 0.6) is 0 Å². The van der Waals surface area contributed by atoms with Crippen molar-refractivity contribution in [1.29, 1.82) is 15.8 Å². The Morgan fingerprint density at radius 2 is 1.45 bits per heavy atom. The predicted octanol–water partition coefficient (Wildman–Crippen LogP) is 2.21. The number of rotatable bonds is 9. The quantitative estimate of drug-likeness (QED) is 0.369. The van der Waals surface area contributed by atoms with Gasteiger partial charge in [-0.1, -0.05) is 0 Å². The molecular formula is C14H20N3O2P. The van der Waals surface area contributed by atoms with Gasteiger partial charge in [0.05, 0.1) is 0 Å². The molecule has 0 amide bonds. The zero-order chi connectivity index (χ0) is 15.4. The molecule has 0 fully saturated rings. The zero-order valence-corrected chi connectivity index (χ0v) is 12.8. The Kier molecular flexibility index (Phi) is 9.02. The van der Waals surface area contributed by atoms with Gasteiger partial charge in [-0.3, -0.25) is 0 Å². The van der Waals surface area contributed by atoms with Crippen molar-refractivity contribution in [2.24, 2.45) is 0 Å². The predicted molar refractivity (Wildman–Crippen MR) is 79.6 cm³/mol. The van der Waals surface area contributed by atoms with Crippen LogP contribution in [0, 0.1) is 34.0 Å². The molecule has 0 rings (SSSR count). The van der Waals surface area contributed by atoms with Gasteiger partial charge in [-0.15, -0.1) is 0 Å². The Balaban J connectivity index is 5.09. The topological polar surface area (TPSA) is 97.7 Å². The Morgan fingerprint density at radius 3 is 1.75 bits per heavy atom. The van der Waals surface area contributed by atoms with Gasteiger partial charge in [0.25, 0.3) is 0 Å². The molecule has 0 saturated carbocycles. The molecule has 0 aliphatic carbocycles. The Labute approximate surface area is 120 Å². The van der Waals surface area contributed by atoms with Crippen LogP contribution in [0.3, 0.4) is 0 Å². The summed E-state index contributed by atoms with van der Waals surface area (Å²) in [7, 11) is -0.766. The van der Waals surface area contributed by atoms with E-state index in [1.807, 2.05) is 0 Å². The SMILES string of the molecule is C=C(C[PH](CCC#N)(CCC#N)CCC#N)C(=O)OC. The summed E-state index contributed by atoms with van der Waals surface area (Å²) in [4.78, 5) is 11.5. The Bertz CT molecular complexity index is 423. The maximum atomic E-state index is 11.5. The first-order chi connectivity index (χ1) is 9.55. The van der Waals surface area contributed by atoms with Crippen molar-refractivity contribution in [3.8, 4) is 18.2 Å². The maximum absolute atomic E-state index is 11.5. The molecule has 0 heterocycles. The van der Waals surface area contributed by atoms with Gasteiger partial charge >= 0.3 is 120 Å². The molecule has 108 valence electrons. The summed E-state index contributed by atoms with van der Waals surface area (Å²) in [5, 5.41) is 26.4. The molecule has 0 spiro atoms. The van der Waals surface area contributed by atoms with Crippen molar-refractivity contribution in [3.05, 3.63) is 12.2 Å². The number of carbonyl (C=O) groups is 1. The fraction of sp³-hybridized carbons (Fsp3) is 0.571. The summed E-state index contributed by atoms with van der Waals surface area (Å²) in [5.41, 5.74) is 0.382. The zero-order valence-electron chi connectivity index (χ0n) is 11.8. The van der Waals surface area contributed by atoms with Gasteiger partial charge in [-0.25, -0.2) is 0 Å². The van der Waals surface area contributed by atoms with Crippen LogP contribution in [0.1, 0.15) is 19.3 Å². The summed E-state index contributed by atoms with van der Waals surface area (Å²) < 4.78 is 4.66. The first-order valence-electron chi connectivity index (χ1n) is 6.42. The van der Waals surface area contributed by atoms with Crippen LogP contribution in [0.25, 0.3) is 0 Å². The molecule has 6 heteroatoms. The van der Waals surface area contributed by atoms with Crippen LogP contribution in [0.2, 0.25) is 0 Å². The number of hydrogen-bond donors (Lipinski definition) is 0. The van der Waals surface area contributed by atoms with Crippen molar-refractivity contribution in [1.82, 2.24) is 0 Å². The summed E-state index contributed by atoms with van der Waals surface area (Å²) in [5.74, 6) is -0.451. The number of carbonyl (C=O) groups excluding carboxylic acids is 1. The van der Waals surface area contributed by atoms with E-state index in [9.17, 15) is 4.79 Å². The van der Waals surface area contributed by atoms with E-state index in [1.54, 1.807) is 0 Å². The van der Waals surface area contributed by atoms with Gasteiger partial charge in [0.1, 0.15) is 0 Å². The van der Waals surface area contributed by atoms with Gasteiger partial charge in [0.15, 0.2) is 0 Å². The van der Waals surface area contributed by atoms with Crippen LogP contribution < -0.4 is 0 Å². The van der Waals surface area contributed by atoms with Crippen molar-refractivity contribution < 1.29 is 9.53 Å². The molecule has 0 aromatic heterocycles. The molecule has 0 aromatic rings. The fourth-order valence-electron chi connectivity index (χ4n) is 2.27. The number of nitrogens with zero attached hydrogens (tertiary/aromatic N) is 3. The van der Waals surface area contributed by atoms with Gasteiger partial charge < -0.3 is 0 Å². The molecule has 0 aliphatic heterocycles. The minimum atomic E-state index is -2.07. The molecule has 0 bridgehead atoms. The molecule has 20 heavy (non-hydrogen) atoms. The number of ether oxygens (including phenoxy) is 1. The summed E-state index contributed by atoms with van der Waals surface area (Å²) in [6.45, 7) is 3.75. The van der Waals surface area contributed by atoms with E-state index in [4.69, 9.17) is 15.8 Å². The standard InChI is InChI=1S/C14H20N3O2P/c1-13(14(18)19-2)12-20(9-3-6-15,10-4-7-16)11-5-8-17/h20H,1,3-5,9-12H2,2H3. The molecule has 0 atom stereocenters. The molecule has 0 saturated heterocycles. The summed E-state index contributed by atoms with van der Waals surface area (Å²) in [6, 6.07) is 6.35. The van der Waals surface area contributed by atoms with Crippen LogP contribution in [0.15, 0.2) is 12.2 Å². The first-order valence-corrected chi connectivity index (χ1v) is 9.25. The summed E-state index contributed by atoms with van der Waals surface area (Å²) >= 11 is 0. The van der Waals surface area contributed by atoms with E-state index in [0.29, 0.717) is 49.5 Å². The number of esters is 1. The van der Waals surface area contributed by atoms with Crippen molar-refractivity contribution >= 4 is 13.2 Å². The monoisotopic (exact) mass is 293 g/mol. The molecule has 5 nitrogen and oxygen atoms in total. The average Bonchev–Trinajstić information content (AvgIpc) is 2.47. The molecule has 0 N–H and O–H groups in total. The van der Waals surface area contributed by atoms with Gasteiger partial charge in [-0.2, -0.15) is 0 Å². The number of hydrogen-bond acceptors (Lipinski definition) is 5. The first kappa shape index (κ1) is 18.1. The van der Waals surface area contributed by atoms with Crippen LogP contribution >= 0.6 is 7.26 Å². The Morgan fingerprint density at radius 1 is 1.05 bits per heavy atom. The third kappa shape index (κ3) is 6.33. The summed E-state index contributed by atoms with van der Waals surface area (Å²) in [6.07, 6.45) is 3.70. The molecule has 0 radical (unpaired) electrons. The van der Waals surface area contributed by atoms with Gasteiger partial charge in [0, 0.05) is 0 Å². The number of methoxy groups -OCH3 is 1. The van der Waals surface area contributed by atoms with E-state index in [-0.39, 0.29) is 0 Å². The molecule has 0 unspecified atom stereocenters. The van der Waals surface area contributed by atoms with Crippen LogP contribution in [-0.4, -0.2) is 37.7 Å². The van der Waals surface area contributed by atoms with Crippen molar-refractivity contribution in [3.63, 3.8) is 0 Å². The average molecular weight is 293 g/mol. The number of nitriles is 3. The van der Waals surface area contributed by atoms with E-state index >= 15 is 0 Å². The fourth-order valence-corrected chi connectivity index (χ4v) is 6.53. The normalized spacial score (nSPS) is 10.7. The van der Waals surface area contributed by atoms with Crippen molar-refractivity contribution in [2.75, 3.05) is 31.8 Å². The van der Waals surface area contributed by atoms with E-state index in [2.05, 4.69) is 29.5 Å².